The van der Waals surface area contributed by atoms with E-state index in [0.29, 0.717) is 5.56 Å². The van der Waals surface area contributed by atoms with E-state index in [-0.39, 0.29) is 11.3 Å². The number of hydrogen-bond acceptors (Lipinski definition) is 1. The molecule has 2 rings (SSSR count). The van der Waals surface area contributed by atoms with E-state index in [1.165, 1.54) is 0 Å². The minimum absolute atomic E-state index is 0.00498. The first kappa shape index (κ1) is 15.0. The lowest BCUT2D eigenvalue weighted by molar-refractivity contribution is 0.102. The van der Waals surface area contributed by atoms with Gasteiger partial charge in [-0.15, -0.1) is 0 Å². The molecular weight excluding hydrogens is 361 g/mol. The van der Waals surface area contributed by atoms with Gasteiger partial charge in [0.2, 0.25) is 0 Å². The van der Waals surface area contributed by atoms with Gasteiger partial charge in [-0.2, -0.15) is 0 Å². The summed E-state index contributed by atoms with van der Waals surface area (Å²) in [7, 11) is 0. The maximum atomic E-state index is 12.3. The summed E-state index contributed by atoms with van der Waals surface area (Å²) >= 11 is 2.21. The van der Waals surface area contributed by atoms with Crippen molar-refractivity contribution in [1.29, 1.82) is 0 Å². The Kier molecular flexibility index (Phi) is 4.48. The van der Waals surface area contributed by atoms with Crippen molar-refractivity contribution in [3.8, 4) is 0 Å². The van der Waals surface area contributed by atoms with E-state index >= 15 is 0 Å². The summed E-state index contributed by atoms with van der Waals surface area (Å²) < 4.78 is 1.05. The molecular formula is C17H18INO. The van der Waals surface area contributed by atoms with E-state index in [2.05, 4.69) is 54.7 Å². The molecule has 0 saturated carbocycles. The first-order chi connectivity index (χ1) is 9.38. The Labute approximate surface area is 133 Å². The third kappa shape index (κ3) is 3.60. The Balaban J connectivity index is 2.29. The molecule has 0 aliphatic heterocycles. The third-order valence-electron chi connectivity index (χ3n) is 3.07. The molecule has 0 fully saturated rings. The number of halogens is 1. The smallest absolute Gasteiger partial charge is 0.255 e. The summed E-state index contributed by atoms with van der Waals surface area (Å²) in [5.74, 6) is -0.0692. The van der Waals surface area contributed by atoms with Crippen LogP contribution in [-0.2, 0) is 5.41 Å². The van der Waals surface area contributed by atoms with Gasteiger partial charge in [0.05, 0.1) is 0 Å². The van der Waals surface area contributed by atoms with Gasteiger partial charge in [-0.3, -0.25) is 4.79 Å². The van der Waals surface area contributed by atoms with E-state index in [9.17, 15) is 4.79 Å². The fourth-order valence-electron chi connectivity index (χ4n) is 2.07. The largest absolute Gasteiger partial charge is 0.322 e. The summed E-state index contributed by atoms with van der Waals surface area (Å²) in [5, 5.41) is 3.02. The van der Waals surface area contributed by atoms with Crippen molar-refractivity contribution in [3.63, 3.8) is 0 Å². The van der Waals surface area contributed by atoms with Crippen LogP contribution in [-0.4, -0.2) is 5.91 Å². The lowest BCUT2D eigenvalue weighted by atomic mass is 9.86. The normalized spacial score (nSPS) is 11.2. The quantitative estimate of drug-likeness (QED) is 0.744. The number of para-hydroxylation sites is 1. The molecule has 2 nitrogen and oxygen atoms in total. The van der Waals surface area contributed by atoms with Crippen LogP contribution in [0.2, 0.25) is 0 Å². The molecule has 0 saturated heterocycles. The van der Waals surface area contributed by atoms with Crippen LogP contribution in [0.3, 0.4) is 0 Å². The number of carbonyl (C=O) groups is 1. The minimum atomic E-state index is -0.0692. The lowest BCUT2D eigenvalue weighted by Crippen LogP contribution is -2.18. The van der Waals surface area contributed by atoms with Crippen LogP contribution in [0.4, 0.5) is 5.69 Å². The van der Waals surface area contributed by atoms with E-state index < -0.39 is 0 Å². The van der Waals surface area contributed by atoms with Crippen molar-refractivity contribution in [2.75, 3.05) is 5.32 Å². The SMILES string of the molecule is CC(C)(C)c1ccccc1NC(=O)c1cccc(I)c1. The Morgan fingerprint density at radius 1 is 1.05 bits per heavy atom. The van der Waals surface area contributed by atoms with Gasteiger partial charge in [-0.1, -0.05) is 45.0 Å². The number of amides is 1. The lowest BCUT2D eigenvalue weighted by Gasteiger charge is -2.23. The van der Waals surface area contributed by atoms with Crippen molar-refractivity contribution in [3.05, 3.63) is 63.2 Å². The topological polar surface area (TPSA) is 29.1 Å². The molecule has 0 atom stereocenters. The van der Waals surface area contributed by atoms with Gasteiger partial charge in [0.25, 0.3) is 5.91 Å². The Hall–Kier alpha value is -1.36. The molecule has 0 aliphatic rings. The summed E-state index contributed by atoms with van der Waals surface area (Å²) in [6.07, 6.45) is 0. The second-order valence-corrected chi connectivity index (χ2v) is 7.01. The highest BCUT2D eigenvalue weighted by Crippen LogP contribution is 2.29. The van der Waals surface area contributed by atoms with E-state index in [4.69, 9.17) is 0 Å². The number of benzene rings is 2. The van der Waals surface area contributed by atoms with Gasteiger partial charge < -0.3 is 5.32 Å². The number of rotatable bonds is 2. The minimum Gasteiger partial charge on any atom is -0.322 e. The van der Waals surface area contributed by atoms with Crippen molar-refractivity contribution in [1.82, 2.24) is 0 Å². The van der Waals surface area contributed by atoms with Crippen molar-refractivity contribution in [2.24, 2.45) is 0 Å². The van der Waals surface area contributed by atoms with Crippen LogP contribution in [0.5, 0.6) is 0 Å². The molecule has 0 radical (unpaired) electrons. The molecule has 2 aromatic rings. The first-order valence-corrected chi connectivity index (χ1v) is 7.62. The monoisotopic (exact) mass is 379 g/mol. The molecule has 1 N–H and O–H groups in total. The van der Waals surface area contributed by atoms with Crippen molar-refractivity contribution in [2.45, 2.75) is 26.2 Å². The summed E-state index contributed by atoms with van der Waals surface area (Å²) in [6.45, 7) is 6.43. The summed E-state index contributed by atoms with van der Waals surface area (Å²) in [6, 6.07) is 15.5. The highest BCUT2D eigenvalue weighted by Gasteiger charge is 2.18. The van der Waals surface area contributed by atoms with Crippen LogP contribution in [0.15, 0.2) is 48.5 Å². The molecule has 0 aromatic heterocycles. The molecule has 0 spiro atoms. The first-order valence-electron chi connectivity index (χ1n) is 6.54. The maximum absolute atomic E-state index is 12.3. The molecule has 0 bridgehead atoms. The summed E-state index contributed by atoms with van der Waals surface area (Å²) in [5.41, 5.74) is 2.69. The molecule has 0 heterocycles. The van der Waals surface area contributed by atoms with E-state index in [0.717, 1.165) is 14.8 Å². The van der Waals surface area contributed by atoms with Crippen molar-refractivity contribution >= 4 is 34.2 Å². The van der Waals surface area contributed by atoms with Gasteiger partial charge in [0.15, 0.2) is 0 Å². The second kappa shape index (κ2) is 5.95. The Morgan fingerprint density at radius 3 is 2.40 bits per heavy atom. The van der Waals surface area contributed by atoms with E-state index in [1.54, 1.807) is 0 Å². The third-order valence-corrected chi connectivity index (χ3v) is 3.74. The zero-order valence-electron chi connectivity index (χ0n) is 11.9. The predicted molar refractivity (Wildman–Crippen MR) is 92.3 cm³/mol. The molecule has 20 heavy (non-hydrogen) atoms. The molecule has 2 aromatic carbocycles. The molecule has 0 aliphatic carbocycles. The predicted octanol–water partition coefficient (Wildman–Crippen LogP) is 4.84. The second-order valence-electron chi connectivity index (χ2n) is 5.76. The van der Waals surface area contributed by atoms with Crippen LogP contribution < -0.4 is 5.32 Å². The number of nitrogens with one attached hydrogen (secondary N) is 1. The zero-order chi connectivity index (χ0) is 14.8. The van der Waals surface area contributed by atoms with Gasteiger partial charge in [0, 0.05) is 14.8 Å². The molecule has 1 amide bonds. The standard InChI is InChI=1S/C17H18INO/c1-17(2,3)14-9-4-5-10-15(14)19-16(20)12-7-6-8-13(18)11-12/h4-11H,1-3H3,(H,19,20). The Bertz CT molecular complexity index is 629. The number of hydrogen-bond donors (Lipinski definition) is 1. The van der Waals surface area contributed by atoms with Crippen LogP contribution in [0.1, 0.15) is 36.7 Å². The molecule has 3 heteroatoms. The maximum Gasteiger partial charge on any atom is 0.255 e. The molecule has 0 unspecified atom stereocenters. The number of anilines is 1. The summed E-state index contributed by atoms with van der Waals surface area (Å²) in [4.78, 5) is 12.3. The highest BCUT2D eigenvalue weighted by atomic mass is 127. The van der Waals surface area contributed by atoms with Gasteiger partial charge in [-0.25, -0.2) is 0 Å². The average molecular weight is 379 g/mol. The molecule has 104 valence electrons. The fraction of sp³-hybridized carbons (Fsp3) is 0.235. The zero-order valence-corrected chi connectivity index (χ0v) is 14.1. The highest BCUT2D eigenvalue weighted by molar-refractivity contribution is 14.1. The van der Waals surface area contributed by atoms with Crippen molar-refractivity contribution < 1.29 is 4.79 Å². The number of carbonyl (C=O) groups excluding carboxylic acids is 1. The van der Waals surface area contributed by atoms with Crippen LogP contribution in [0, 0.1) is 3.57 Å². The van der Waals surface area contributed by atoms with Crippen LogP contribution in [0.25, 0.3) is 0 Å². The average Bonchev–Trinajstić information content (AvgIpc) is 2.38. The van der Waals surface area contributed by atoms with Gasteiger partial charge >= 0.3 is 0 Å². The van der Waals surface area contributed by atoms with Gasteiger partial charge in [-0.05, 0) is 57.8 Å². The van der Waals surface area contributed by atoms with Gasteiger partial charge in [0.1, 0.15) is 0 Å². The fourth-order valence-corrected chi connectivity index (χ4v) is 2.61. The van der Waals surface area contributed by atoms with Crippen LogP contribution >= 0.6 is 22.6 Å². The van der Waals surface area contributed by atoms with E-state index in [1.807, 2.05) is 42.5 Å². The Morgan fingerprint density at radius 2 is 1.75 bits per heavy atom.